The van der Waals surface area contributed by atoms with E-state index in [0.29, 0.717) is 13.2 Å². The molecule has 0 aliphatic carbocycles. The van der Waals surface area contributed by atoms with Gasteiger partial charge >= 0.3 is 5.97 Å². The number of hydrogen-bond donors (Lipinski definition) is 1. The number of carbonyl (C=O) groups excluding carboxylic acids is 1. The van der Waals surface area contributed by atoms with Crippen LogP contribution in [0.5, 0.6) is 0 Å². The number of hydrogen-bond acceptors (Lipinski definition) is 4. The maximum absolute atomic E-state index is 12.1. The molecule has 1 aromatic carbocycles. The molecular formula is C16H23NO3. The fourth-order valence-corrected chi connectivity index (χ4v) is 2.50. The van der Waals surface area contributed by atoms with Crippen LogP contribution >= 0.6 is 0 Å². The van der Waals surface area contributed by atoms with Crippen LogP contribution in [0, 0.1) is 0 Å². The third-order valence-electron chi connectivity index (χ3n) is 3.55. The summed E-state index contributed by atoms with van der Waals surface area (Å²) in [6.45, 7) is 4.90. The second kappa shape index (κ2) is 7.41. The highest BCUT2D eigenvalue weighted by Crippen LogP contribution is 2.22. The van der Waals surface area contributed by atoms with Crippen LogP contribution < -0.4 is 5.32 Å². The van der Waals surface area contributed by atoms with E-state index in [1.54, 1.807) is 0 Å². The Morgan fingerprint density at radius 3 is 2.75 bits per heavy atom. The van der Waals surface area contributed by atoms with E-state index in [1.807, 2.05) is 44.2 Å². The maximum Gasteiger partial charge on any atom is 0.325 e. The highest BCUT2D eigenvalue weighted by molar-refractivity contribution is 5.76. The fraction of sp³-hybridized carbons (Fsp3) is 0.562. The average molecular weight is 277 g/mol. The van der Waals surface area contributed by atoms with Gasteiger partial charge in [-0.1, -0.05) is 30.3 Å². The van der Waals surface area contributed by atoms with Gasteiger partial charge in [0.2, 0.25) is 0 Å². The summed E-state index contributed by atoms with van der Waals surface area (Å²) in [6, 6.07) is 9.64. The lowest BCUT2D eigenvalue weighted by Gasteiger charge is -2.23. The zero-order chi connectivity index (χ0) is 14.4. The van der Waals surface area contributed by atoms with E-state index in [9.17, 15) is 4.79 Å². The smallest absolute Gasteiger partial charge is 0.325 e. The summed E-state index contributed by atoms with van der Waals surface area (Å²) < 4.78 is 11.0. The quantitative estimate of drug-likeness (QED) is 0.810. The average Bonchev–Trinajstić information content (AvgIpc) is 2.87. The van der Waals surface area contributed by atoms with Crippen LogP contribution in [0.4, 0.5) is 0 Å². The molecule has 1 aliphatic heterocycles. The van der Waals surface area contributed by atoms with Gasteiger partial charge in [0.05, 0.1) is 18.8 Å². The summed E-state index contributed by atoms with van der Waals surface area (Å²) in [7, 11) is 0. The van der Waals surface area contributed by atoms with Crippen LogP contribution in [0.25, 0.3) is 0 Å². The molecular weight excluding hydrogens is 254 g/mol. The molecule has 0 bridgehead atoms. The van der Waals surface area contributed by atoms with Crippen molar-refractivity contribution in [3.63, 3.8) is 0 Å². The normalized spacial score (nSPS) is 23.5. The maximum atomic E-state index is 12.1. The predicted molar refractivity (Wildman–Crippen MR) is 77.3 cm³/mol. The van der Waals surface area contributed by atoms with Crippen LogP contribution in [-0.2, 0) is 20.8 Å². The van der Waals surface area contributed by atoms with Crippen molar-refractivity contribution in [1.82, 2.24) is 5.32 Å². The summed E-state index contributed by atoms with van der Waals surface area (Å²) in [4.78, 5) is 12.1. The lowest BCUT2D eigenvalue weighted by atomic mass is 10.1. The number of nitrogens with one attached hydrogen (secondary N) is 1. The summed E-state index contributed by atoms with van der Waals surface area (Å²) in [5.74, 6) is -0.220. The molecule has 20 heavy (non-hydrogen) atoms. The molecule has 0 saturated carbocycles. The van der Waals surface area contributed by atoms with Gasteiger partial charge in [0.25, 0.3) is 0 Å². The molecule has 0 amide bonds. The molecule has 0 spiro atoms. The molecule has 4 heteroatoms. The van der Waals surface area contributed by atoms with E-state index in [1.165, 1.54) is 0 Å². The second-order valence-corrected chi connectivity index (χ2v) is 5.16. The van der Waals surface area contributed by atoms with Crippen molar-refractivity contribution in [3.05, 3.63) is 35.9 Å². The van der Waals surface area contributed by atoms with Gasteiger partial charge < -0.3 is 9.47 Å². The van der Waals surface area contributed by atoms with Crippen molar-refractivity contribution < 1.29 is 14.3 Å². The fourth-order valence-electron chi connectivity index (χ4n) is 2.50. The van der Waals surface area contributed by atoms with Gasteiger partial charge in [-0.3, -0.25) is 10.1 Å². The standard InChI is InChI=1S/C16H23NO3/c1-3-19-16(18)15(14-10-9-12(2)20-14)17-11-13-7-5-4-6-8-13/h4-8,12,14-15,17H,3,9-11H2,1-2H3. The third-order valence-corrected chi connectivity index (χ3v) is 3.55. The molecule has 110 valence electrons. The van der Waals surface area contributed by atoms with E-state index in [4.69, 9.17) is 9.47 Å². The predicted octanol–water partition coefficient (Wildman–Crippen LogP) is 2.28. The van der Waals surface area contributed by atoms with Crippen molar-refractivity contribution in [2.24, 2.45) is 0 Å². The first-order chi connectivity index (χ1) is 9.70. The van der Waals surface area contributed by atoms with Crippen molar-refractivity contribution in [1.29, 1.82) is 0 Å². The molecule has 3 unspecified atom stereocenters. The minimum absolute atomic E-state index is 0.0900. The van der Waals surface area contributed by atoms with E-state index in [-0.39, 0.29) is 24.2 Å². The highest BCUT2D eigenvalue weighted by Gasteiger charge is 2.34. The molecule has 1 fully saturated rings. The Hall–Kier alpha value is -1.39. The van der Waals surface area contributed by atoms with Gasteiger partial charge in [-0.05, 0) is 32.3 Å². The minimum Gasteiger partial charge on any atom is -0.465 e. The molecule has 1 aromatic rings. The van der Waals surface area contributed by atoms with Crippen LogP contribution in [0.1, 0.15) is 32.3 Å². The second-order valence-electron chi connectivity index (χ2n) is 5.16. The largest absolute Gasteiger partial charge is 0.465 e. The molecule has 0 aromatic heterocycles. The van der Waals surface area contributed by atoms with Crippen LogP contribution in [0.2, 0.25) is 0 Å². The number of ether oxygens (including phenoxy) is 2. The first-order valence-electron chi connectivity index (χ1n) is 7.30. The van der Waals surface area contributed by atoms with Crippen LogP contribution in [0.3, 0.4) is 0 Å². The lowest BCUT2D eigenvalue weighted by molar-refractivity contribution is -0.149. The van der Waals surface area contributed by atoms with Crippen molar-refractivity contribution in [2.75, 3.05) is 6.61 Å². The summed E-state index contributed by atoms with van der Waals surface area (Å²) in [5, 5.41) is 3.28. The number of carbonyl (C=O) groups is 1. The number of rotatable bonds is 6. The number of benzene rings is 1. The highest BCUT2D eigenvalue weighted by atomic mass is 16.5. The van der Waals surface area contributed by atoms with Gasteiger partial charge in [-0.2, -0.15) is 0 Å². The molecule has 0 radical (unpaired) electrons. The van der Waals surface area contributed by atoms with Gasteiger partial charge in [-0.25, -0.2) is 0 Å². The van der Waals surface area contributed by atoms with Crippen LogP contribution in [-0.4, -0.2) is 30.8 Å². The number of esters is 1. The van der Waals surface area contributed by atoms with Gasteiger partial charge in [0.1, 0.15) is 6.04 Å². The molecule has 1 saturated heterocycles. The molecule has 3 atom stereocenters. The molecule has 1 aliphatic rings. The first-order valence-corrected chi connectivity index (χ1v) is 7.30. The van der Waals surface area contributed by atoms with E-state index < -0.39 is 0 Å². The molecule has 2 rings (SSSR count). The van der Waals surface area contributed by atoms with E-state index >= 15 is 0 Å². The Labute approximate surface area is 120 Å². The van der Waals surface area contributed by atoms with E-state index in [0.717, 1.165) is 18.4 Å². The topological polar surface area (TPSA) is 47.6 Å². The first kappa shape index (κ1) is 15.0. The summed E-state index contributed by atoms with van der Waals surface area (Å²) in [6.07, 6.45) is 2.02. The van der Waals surface area contributed by atoms with Gasteiger partial charge in [0, 0.05) is 6.54 Å². The monoisotopic (exact) mass is 277 g/mol. The Morgan fingerprint density at radius 2 is 2.15 bits per heavy atom. The lowest BCUT2D eigenvalue weighted by Crippen LogP contribution is -2.46. The van der Waals surface area contributed by atoms with Gasteiger partial charge in [0.15, 0.2) is 0 Å². The van der Waals surface area contributed by atoms with Crippen molar-refractivity contribution in [2.45, 2.75) is 51.5 Å². The summed E-state index contributed by atoms with van der Waals surface area (Å²) in [5.41, 5.74) is 1.15. The van der Waals surface area contributed by atoms with Gasteiger partial charge in [-0.15, -0.1) is 0 Å². The Kier molecular flexibility index (Phi) is 5.56. The molecule has 4 nitrogen and oxygen atoms in total. The molecule has 1 heterocycles. The Bertz CT molecular complexity index is 421. The molecule has 1 N–H and O–H groups in total. The minimum atomic E-state index is -0.389. The zero-order valence-electron chi connectivity index (χ0n) is 12.2. The van der Waals surface area contributed by atoms with Crippen LogP contribution in [0.15, 0.2) is 30.3 Å². The zero-order valence-corrected chi connectivity index (χ0v) is 12.2. The summed E-state index contributed by atoms with van der Waals surface area (Å²) >= 11 is 0. The van der Waals surface area contributed by atoms with Crippen molar-refractivity contribution in [3.8, 4) is 0 Å². The SMILES string of the molecule is CCOC(=O)C(NCc1ccccc1)C1CCC(C)O1. The van der Waals surface area contributed by atoms with Crippen molar-refractivity contribution >= 4 is 5.97 Å². The Balaban J connectivity index is 1.97. The van der Waals surface area contributed by atoms with E-state index in [2.05, 4.69) is 5.32 Å². The third kappa shape index (κ3) is 4.05. The Morgan fingerprint density at radius 1 is 1.40 bits per heavy atom.